The number of likely N-dealkylation sites (N-methyl/N-ethyl adjacent to an activating group) is 1. The summed E-state index contributed by atoms with van der Waals surface area (Å²) >= 11 is 0. The lowest BCUT2D eigenvalue weighted by molar-refractivity contribution is -0.131. The Hall–Kier alpha value is -2.14. The van der Waals surface area contributed by atoms with Gasteiger partial charge in [0.1, 0.15) is 6.54 Å². The fourth-order valence-corrected chi connectivity index (χ4v) is 4.13. The van der Waals surface area contributed by atoms with Crippen LogP contribution in [-0.2, 0) is 17.8 Å². The van der Waals surface area contributed by atoms with Gasteiger partial charge in [0.05, 0.1) is 12.0 Å². The molecule has 28 heavy (non-hydrogen) atoms. The van der Waals surface area contributed by atoms with Gasteiger partial charge >= 0.3 is 0 Å². The molecule has 1 amide bonds. The van der Waals surface area contributed by atoms with E-state index < -0.39 is 0 Å². The first-order valence-electron chi connectivity index (χ1n) is 10.4. The molecular formula is C23H34N4O. The van der Waals surface area contributed by atoms with Gasteiger partial charge in [0, 0.05) is 32.4 Å². The fourth-order valence-electron chi connectivity index (χ4n) is 4.13. The topological polar surface area (TPSA) is 41.4 Å². The number of aryl methyl sites for hydroxylation is 2. The minimum atomic E-state index is 0.164. The molecule has 1 aromatic carbocycles. The highest BCUT2D eigenvalue weighted by molar-refractivity contribution is 5.75. The van der Waals surface area contributed by atoms with E-state index in [1.165, 1.54) is 30.5 Å². The number of hydrogen-bond acceptors (Lipinski definition) is 3. The molecule has 5 heteroatoms. The molecule has 0 N–H and O–H groups in total. The highest BCUT2D eigenvalue weighted by atomic mass is 16.2. The maximum Gasteiger partial charge on any atom is 0.242 e. The van der Waals surface area contributed by atoms with E-state index in [1.54, 1.807) is 6.33 Å². The molecule has 0 spiro atoms. The van der Waals surface area contributed by atoms with Crippen LogP contribution in [0.25, 0.3) is 0 Å². The number of carbonyl (C=O) groups excluding carboxylic acids is 1. The van der Waals surface area contributed by atoms with E-state index in [0.717, 1.165) is 37.4 Å². The van der Waals surface area contributed by atoms with Crippen molar-refractivity contribution in [2.24, 2.45) is 5.92 Å². The Morgan fingerprint density at radius 2 is 2.04 bits per heavy atom. The number of imidazole rings is 1. The van der Waals surface area contributed by atoms with Crippen LogP contribution in [0.4, 0.5) is 0 Å². The fraction of sp³-hybridized carbons (Fsp3) is 0.565. The number of hydrogen-bond donors (Lipinski definition) is 0. The van der Waals surface area contributed by atoms with E-state index >= 15 is 0 Å². The zero-order valence-electron chi connectivity index (χ0n) is 17.8. The molecule has 3 rings (SSSR count). The molecule has 1 aliphatic rings. The van der Waals surface area contributed by atoms with E-state index in [4.69, 9.17) is 0 Å². The Kier molecular flexibility index (Phi) is 6.89. The summed E-state index contributed by atoms with van der Waals surface area (Å²) < 4.78 is 1.95. The lowest BCUT2D eigenvalue weighted by Gasteiger charge is -2.35. The van der Waals surface area contributed by atoms with Crippen molar-refractivity contribution in [1.29, 1.82) is 0 Å². The first-order chi connectivity index (χ1) is 13.4. The molecule has 0 bridgehead atoms. The van der Waals surface area contributed by atoms with Crippen molar-refractivity contribution in [1.82, 2.24) is 19.4 Å². The first-order valence-corrected chi connectivity index (χ1v) is 10.4. The zero-order valence-corrected chi connectivity index (χ0v) is 17.8. The third-order valence-corrected chi connectivity index (χ3v) is 6.17. The van der Waals surface area contributed by atoms with Gasteiger partial charge in [-0.2, -0.15) is 0 Å². The molecule has 1 atom stereocenters. The Labute approximate surface area is 169 Å². The lowest BCUT2D eigenvalue weighted by Crippen LogP contribution is -2.43. The Bertz CT molecular complexity index is 798. The van der Waals surface area contributed by atoms with Crippen molar-refractivity contribution in [3.63, 3.8) is 0 Å². The molecule has 0 unspecified atom stereocenters. The summed E-state index contributed by atoms with van der Waals surface area (Å²) in [6, 6.07) is 8.67. The van der Waals surface area contributed by atoms with Crippen LogP contribution < -0.4 is 0 Å². The van der Waals surface area contributed by atoms with Crippen molar-refractivity contribution >= 4 is 5.91 Å². The summed E-state index contributed by atoms with van der Waals surface area (Å²) in [5.41, 5.74) is 4.89. The van der Waals surface area contributed by atoms with Gasteiger partial charge in [0.15, 0.2) is 0 Å². The van der Waals surface area contributed by atoms with Crippen molar-refractivity contribution in [3.05, 3.63) is 53.1 Å². The zero-order chi connectivity index (χ0) is 20.1. The van der Waals surface area contributed by atoms with Gasteiger partial charge in [-0.15, -0.1) is 0 Å². The van der Waals surface area contributed by atoms with E-state index in [1.807, 2.05) is 30.4 Å². The number of rotatable bonds is 7. The van der Waals surface area contributed by atoms with Crippen LogP contribution in [0.2, 0.25) is 0 Å². The van der Waals surface area contributed by atoms with Gasteiger partial charge in [-0.3, -0.25) is 4.79 Å². The molecule has 152 valence electrons. The molecule has 1 aliphatic heterocycles. The summed E-state index contributed by atoms with van der Waals surface area (Å²) in [4.78, 5) is 21.4. The number of piperidine rings is 1. The van der Waals surface area contributed by atoms with Crippen molar-refractivity contribution in [2.45, 2.75) is 46.6 Å². The van der Waals surface area contributed by atoms with Crippen LogP contribution in [0.3, 0.4) is 0 Å². The predicted molar refractivity (Wildman–Crippen MR) is 113 cm³/mol. The summed E-state index contributed by atoms with van der Waals surface area (Å²) in [7, 11) is 1.94. The number of nitrogens with zero attached hydrogens (tertiary/aromatic N) is 4. The molecule has 5 nitrogen and oxygen atoms in total. The predicted octanol–water partition coefficient (Wildman–Crippen LogP) is 3.22. The molecule has 2 heterocycles. The van der Waals surface area contributed by atoms with Crippen molar-refractivity contribution in [2.75, 3.05) is 33.2 Å². The number of benzene rings is 1. The van der Waals surface area contributed by atoms with Crippen molar-refractivity contribution < 1.29 is 4.79 Å². The van der Waals surface area contributed by atoms with E-state index in [0.29, 0.717) is 12.5 Å². The van der Waals surface area contributed by atoms with Crippen LogP contribution >= 0.6 is 0 Å². The van der Waals surface area contributed by atoms with Crippen LogP contribution in [0.15, 0.2) is 30.6 Å². The highest BCUT2D eigenvalue weighted by Gasteiger charge is 2.23. The maximum atomic E-state index is 12.6. The third-order valence-electron chi connectivity index (χ3n) is 6.17. The maximum absolute atomic E-state index is 12.6. The van der Waals surface area contributed by atoms with Crippen LogP contribution in [-0.4, -0.2) is 58.5 Å². The first kappa shape index (κ1) is 20.6. The van der Waals surface area contributed by atoms with E-state index in [9.17, 15) is 4.79 Å². The second-order valence-electron chi connectivity index (χ2n) is 8.30. The molecule has 0 aliphatic carbocycles. The van der Waals surface area contributed by atoms with E-state index in [2.05, 4.69) is 41.1 Å². The van der Waals surface area contributed by atoms with Gasteiger partial charge < -0.3 is 14.4 Å². The van der Waals surface area contributed by atoms with Gasteiger partial charge in [-0.05, 0) is 63.6 Å². The highest BCUT2D eigenvalue weighted by Crippen LogP contribution is 2.19. The van der Waals surface area contributed by atoms with Gasteiger partial charge in [0.25, 0.3) is 0 Å². The van der Waals surface area contributed by atoms with Gasteiger partial charge in [-0.25, -0.2) is 4.98 Å². The largest absolute Gasteiger partial charge is 0.344 e. The molecule has 1 aromatic heterocycles. The summed E-state index contributed by atoms with van der Waals surface area (Å²) in [6.45, 7) is 10.8. The standard InChI is InChI=1S/C23H34N4O/c1-18-8-5-6-10-22(18)11-13-26-12-7-9-21(15-26)14-25(4)23(28)16-27-17-24-19(2)20(27)3/h5-6,8,10,17,21H,7,9,11-16H2,1-4H3/t21-/m1/s1. The molecule has 0 radical (unpaired) electrons. The number of likely N-dealkylation sites (tertiary alicyclic amines) is 1. The average Bonchev–Trinajstić information content (AvgIpc) is 2.99. The SMILES string of the molecule is Cc1ccccc1CCN1CCC[C@H](CN(C)C(=O)Cn2cnc(C)c2C)C1. The quantitative estimate of drug-likeness (QED) is 0.738. The monoisotopic (exact) mass is 382 g/mol. The van der Waals surface area contributed by atoms with Gasteiger partial charge in [-0.1, -0.05) is 24.3 Å². The van der Waals surface area contributed by atoms with Crippen LogP contribution in [0.5, 0.6) is 0 Å². The number of amides is 1. The van der Waals surface area contributed by atoms with Crippen LogP contribution in [0.1, 0.15) is 35.4 Å². The molecule has 2 aromatic rings. The third kappa shape index (κ3) is 5.22. The Morgan fingerprint density at radius 1 is 1.25 bits per heavy atom. The second-order valence-corrected chi connectivity index (χ2v) is 8.30. The molecule has 0 saturated carbocycles. The van der Waals surface area contributed by atoms with Gasteiger partial charge in [0.2, 0.25) is 5.91 Å². The number of aromatic nitrogens is 2. The molecular weight excluding hydrogens is 348 g/mol. The van der Waals surface area contributed by atoms with Crippen molar-refractivity contribution in [3.8, 4) is 0 Å². The molecule has 1 fully saturated rings. The average molecular weight is 383 g/mol. The second kappa shape index (κ2) is 9.37. The Balaban J connectivity index is 1.48. The summed E-state index contributed by atoms with van der Waals surface area (Å²) in [5, 5.41) is 0. The smallest absolute Gasteiger partial charge is 0.242 e. The normalized spacial score (nSPS) is 17.6. The van der Waals surface area contributed by atoms with E-state index in [-0.39, 0.29) is 5.91 Å². The Morgan fingerprint density at radius 3 is 2.75 bits per heavy atom. The minimum Gasteiger partial charge on any atom is -0.344 e. The number of carbonyl (C=O) groups is 1. The lowest BCUT2D eigenvalue weighted by atomic mass is 9.96. The van der Waals surface area contributed by atoms with Crippen LogP contribution in [0, 0.1) is 26.7 Å². The minimum absolute atomic E-state index is 0.164. The molecule has 1 saturated heterocycles. The summed E-state index contributed by atoms with van der Waals surface area (Å²) in [6.07, 6.45) is 5.31. The summed E-state index contributed by atoms with van der Waals surface area (Å²) in [5.74, 6) is 0.725.